The summed E-state index contributed by atoms with van der Waals surface area (Å²) in [6.07, 6.45) is 2.53. The number of ketones is 1. The topological polar surface area (TPSA) is 150 Å². The van der Waals surface area contributed by atoms with E-state index in [4.69, 9.17) is 4.74 Å². The van der Waals surface area contributed by atoms with Crippen LogP contribution in [0.1, 0.15) is 49.5 Å². The molecule has 3 amide bonds. The quantitative estimate of drug-likeness (QED) is 0.312. The highest BCUT2D eigenvalue weighted by Gasteiger charge is 2.32. The molecule has 10 heteroatoms. The molecule has 2 heterocycles. The maximum absolute atomic E-state index is 13.1. The minimum absolute atomic E-state index is 0.104. The number of fused-ring (bicyclic) bond motifs is 1. The van der Waals surface area contributed by atoms with E-state index < -0.39 is 42.2 Å². The molecule has 0 aliphatic carbocycles. The van der Waals surface area contributed by atoms with Crippen molar-refractivity contribution in [3.8, 4) is 5.75 Å². The maximum atomic E-state index is 13.1. The number of unbranched alkanes of at least 4 members (excludes halogenated alkanes) is 1. The minimum atomic E-state index is -1.01. The van der Waals surface area contributed by atoms with Crippen molar-refractivity contribution in [2.75, 3.05) is 20.3 Å². The molecule has 2 aromatic rings. The summed E-state index contributed by atoms with van der Waals surface area (Å²) >= 11 is 0. The predicted octanol–water partition coefficient (Wildman–Crippen LogP) is 1.04. The van der Waals surface area contributed by atoms with Gasteiger partial charge < -0.3 is 30.8 Å². The maximum Gasteiger partial charge on any atom is 0.268 e. The van der Waals surface area contributed by atoms with Crippen molar-refractivity contribution in [1.82, 2.24) is 20.9 Å². The van der Waals surface area contributed by atoms with E-state index in [1.165, 1.54) is 0 Å². The lowest BCUT2D eigenvalue weighted by molar-refractivity contribution is -0.131. The van der Waals surface area contributed by atoms with Gasteiger partial charge >= 0.3 is 0 Å². The van der Waals surface area contributed by atoms with Crippen LogP contribution in [0.2, 0.25) is 0 Å². The van der Waals surface area contributed by atoms with Gasteiger partial charge in [-0.15, -0.1) is 0 Å². The summed E-state index contributed by atoms with van der Waals surface area (Å²) in [6, 6.07) is 5.18. The van der Waals surface area contributed by atoms with Gasteiger partial charge in [-0.3, -0.25) is 19.2 Å². The third-order valence-electron chi connectivity index (χ3n) is 6.10. The third kappa shape index (κ3) is 5.93. The summed E-state index contributed by atoms with van der Waals surface area (Å²) in [5.41, 5.74) is 1.00. The van der Waals surface area contributed by atoms with Crippen LogP contribution in [0.4, 0.5) is 0 Å². The van der Waals surface area contributed by atoms with Gasteiger partial charge in [0.25, 0.3) is 5.91 Å². The number of Topliss-reactive ketones (excluding diaryl/α,β-unsaturated/α-hetero) is 1. The van der Waals surface area contributed by atoms with Gasteiger partial charge in [0.1, 0.15) is 24.1 Å². The molecule has 3 rings (SSSR count). The second-order valence-corrected chi connectivity index (χ2v) is 8.47. The average molecular weight is 473 g/mol. The summed E-state index contributed by atoms with van der Waals surface area (Å²) < 4.78 is 5.34. The number of carbonyl (C=O) groups is 4. The van der Waals surface area contributed by atoms with E-state index in [-0.39, 0.29) is 18.0 Å². The molecule has 0 saturated carbocycles. The zero-order chi connectivity index (χ0) is 24.7. The van der Waals surface area contributed by atoms with Gasteiger partial charge in [-0.1, -0.05) is 25.8 Å². The predicted molar refractivity (Wildman–Crippen MR) is 125 cm³/mol. The van der Waals surface area contributed by atoms with E-state index in [0.29, 0.717) is 31.6 Å². The van der Waals surface area contributed by atoms with E-state index in [2.05, 4.69) is 20.9 Å². The number of hydrogen-bond acceptors (Lipinski definition) is 6. The van der Waals surface area contributed by atoms with E-state index in [9.17, 15) is 24.3 Å². The van der Waals surface area contributed by atoms with E-state index in [1.807, 2.05) is 13.0 Å². The van der Waals surface area contributed by atoms with Crippen molar-refractivity contribution in [2.24, 2.45) is 5.92 Å². The van der Waals surface area contributed by atoms with Crippen LogP contribution in [0.15, 0.2) is 24.3 Å². The molecular weight excluding hydrogens is 440 g/mol. The van der Waals surface area contributed by atoms with Crippen molar-refractivity contribution >= 4 is 34.4 Å². The molecule has 1 saturated heterocycles. The van der Waals surface area contributed by atoms with Gasteiger partial charge in [0.15, 0.2) is 5.78 Å². The van der Waals surface area contributed by atoms with Gasteiger partial charge in [0.05, 0.1) is 13.2 Å². The Morgan fingerprint density at radius 1 is 1.24 bits per heavy atom. The third-order valence-corrected chi connectivity index (χ3v) is 6.10. The molecule has 1 aromatic carbocycles. The highest BCUT2D eigenvalue weighted by molar-refractivity contribution is 6.02. The summed E-state index contributed by atoms with van der Waals surface area (Å²) in [4.78, 5) is 53.3. The molecule has 1 aliphatic heterocycles. The summed E-state index contributed by atoms with van der Waals surface area (Å²) in [7, 11) is 1.55. The average Bonchev–Trinajstić information content (AvgIpc) is 3.46. The zero-order valence-electron chi connectivity index (χ0n) is 19.5. The Bertz CT molecular complexity index is 1050. The highest BCUT2D eigenvalue weighted by atomic mass is 16.5. The molecule has 0 unspecified atom stereocenters. The fraction of sp³-hybridized carbons (Fsp3) is 0.500. The monoisotopic (exact) mass is 472 g/mol. The second kappa shape index (κ2) is 11.6. The highest BCUT2D eigenvalue weighted by Crippen LogP contribution is 2.26. The summed E-state index contributed by atoms with van der Waals surface area (Å²) in [5.74, 6) is -1.53. The number of aliphatic hydroxyl groups excluding tert-OH is 1. The SMILES string of the molecule is CCCC[C@H](NC(=O)c1cc2c(OC)cccc2[nH]1)C(=O)N[C@@H](C[C@@H]1CCNC1=O)C(=O)CO. The Morgan fingerprint density at radius 3 is 2.68 bits per heavy atom. The number of hydrogen-bond donors (Lipinski definition) is 5. The summed E-state index contributed by atoms with van der Waals surface area (Å²) in [6.45, 7) is 1.74. The van der Waals surface area contributed by atoms with Crippen LogP contribution in [0.5, 0.6) is 5.75 Å². The van der Waals surface area contributed by atoms with Crippen molar-refractivity contribution < 1.29 is 29.0 Å². The number of amides is 3. The van der Waals surface area contributed by atoms with Crippen LogP contribution in [0.3, 0.4) is 0 Å². The van der Waals surface area contributed by atoms with Gasteiger partial charge in [0, 0.05) is 23.4 Å². The van der Waals surface area contributed by atoms with Crippen LogP contribution < -0.4 is 20.7 Å². The minimum Gasteiger partial charge on any atom is -0.496 e. The number of methoxy groups -OCH3 is 1. The molecule has 1 fully saturated rings. The lowest BCUT2D eigenvalue weighted by atomic mass is 9.95. The molecule has 184 valence electrons. The van der Waals surface area contributed by atoms with Gasteiger partial charge in [-0.25, -0.2) is 0 Å². The molecule has 0 bridgehead atoms. The Labute approximate surface area is 197 Å². The first-order valence-corrected chi connectivity index (χ1v) is 11.6. The van der Waals surface area contributed by atoms with Gasteiger partial charge in [-0.2, -0.15) is 0 Å². The molecule has 34 heavy (non-hydrogen) atoms. The van der Waals surface area contributed by atoms with Gasteiger partial charge in [0.2, 0.25) is 11.8 Å². The Balaban J connectivity index is 1.74. The fourth-order valence-electron chi connectivity index (χ4n) is 4.15. The number of aliphatic hydroxyl groups is 1. The number of ether oxygens (including phenoxy) is 1. The number of aromatic amines is 1. The molecule has 0 radical (unpaired) electrons. The van der Waals surface area contributed by atoms with Crippen LogP contribution in [-0.4, -0.2) is 65.9 Å². The molecule has 10 nitrogen and oxygen atoms in total. The lowest BCUT2D eigenvalue weighted by Crippen LogP contribution is -2.52. The molecule has 1 aliphatic rings. The Hall–Kier alpha value is -3.40. The van der Waals surface area contributed by atoms with Crippen molar-refractivity contribution in [1.29, 1.82) is 0 Å². The lowest BCUT2D eigenvalue weighted by Gasteiger charge is -2.23. The van der Waals surface area contributed by atoms with Crippen LogP contribution in [0.25, 0.3) is 10.9 Å². The standard InChI is InChI=1S/C24H32N4O6/c1-3-4-6-17(23(32)28-18(20(30)13-29)11-14-9-10-25-22(14)31)27-24(33)19-12-15-16(26-19)7-5-8-21(15)34-2/h5,7-8,12,14,17-18,26,29H,3-4,6,9-11,13H2,1-2H3,(H,25,31)(H,27,33)(H,28,32)/t14-,17-,18-/m0/s1. The molecule has 1 aromatic heterocycles. The van der Waals surface area contributed by atoms with E-state index in [0.717, 1.165) is 17.3 Å². The van der Waals surface area contributed by atoms with E-state index >= 15 is 0 Å². The summed E-state index contributed by atoms with van der Waals surface area (Å²) in [5, 5.41) is 18.2. The molecule has 0 spiro atoms. The smallest absolute Gasteiger partial charge is 0.268 e. The number of aromatic nitrogens is 1. The number of carbonyl (C=O) groups excluding carboxylic acids is 4. The fourth-order valence-corrected chi connectivity index (χ4v) is 4.15. The number of rotatable bonds is 12. The Kier molecular flexibility index (Phi) is 8.64. The van der Waals surface area contributed by atoms with Gasteiger partial charge in [-0.05, 0) is 37.5 Å². The zero-order valence-corrected chi connectivity index (χ0v) is 19.5. The molecule has 3 atom stereocenters. The van der Waals surface area contributed by atoms with Crippen LogP contribution in [-0.2, 0) is 14.4 Å². The van der Waals surface area contributed by atoms with Crippen molar-refractivity contribution in [3.63, 3.8) is 0 Å². The first kappa shape index (κ1) is 25.2. The van der Waals surface area contributed by atoms with Crippen LogP contribution >= 0.6 is 0 Å². The number of H-pyrrole nitrogens is 1. The second-order valence-electron chi connectivity index (χ2n) is 8.47. The first-order chi connectivity index (χ1) is 16.4. The van der Waals surface area contributed by atoms with E-state index in [1.54, 1.807) is 25.3 Å². The number of benzene rings is 1. The van der Waals surface area contributed by atoms with Crippen molar-refractivity contribution in [2.45, 2.75) is 51.1 Å². The normalized spacial score (nSPS) is 17.1. The number of nitrogens with one attached hydrogen (secondary N) is 4. The Morgan fingerprint density at radius 2 is 2.03 bits per heavy atom. The largest absolute Gasteiger partial charge is 0.496 e. The molecular formula is C24H32N4O6. The van der Waals surface area contributed by atoms with Crippen molar-refractivity contribution in [3.05, 3.63) is 30.0 Å². The molecule has 5 N–H and O–H groups in total. The van der Waals surface area contributed by atoms with Crippen LogP contribution in [0, 0.1) is 5.92 Å². The first-order valence-electron chi connectivity index (χ1n) is 11.6.